The van der Waals surface area contributed by atoms with Crippen molar-refractivity contribution in [1.29, 1.82) is 0 Å². The highest BCUT2D eigenvalue weighted by molar-refractivity contribution is 6.33. The van der Waals surface area contributed by atoms with Crippen LogP contribution < -0.4 is 18.9 Å². The van der Waals surface area contributed by atoms with Gasteiger partial charge in [-0.15, -0.1) is 0 Å². The number of halogens is 1. The number of para-hydroxylation sites is 2. The zero-order chi connectivity index (χ0) is 32.2. The quantitative estimate of drug-likeness (QED) is 0.0935. The number of carbonyl (C=O) groups is 2. The second kappa shape index (κ2) is 16.2. The van der Waals surface area contributed by atoms with Crippen molar-refractivity contribution in [3.63, 3.8) is 0 Å². The molecule has 0 aliphatic carbocycles. The Balaban J connectivity index is 1.50. The molecule has 4 rings (SSSR count). The number of carbonyl (C=O) groups excluding carboxylic acids is 2. The second-order valence-electron chi connectivity index (χ2n) is 10.2. The first-order valence-electron chi connectivity index (χ1n) is 14.3. The fourth-order valence-corrected chi connectivity index (χ4v) is 4.31. The molecule has 2 unspecified atom stereocenters. The van der Waals surface area contributed by atoms with Gasteiger partial charge in [0.1, 0.15) is 49.4 Å². The van der Waals surface area contributed by atoms with Crippen LogP contribution in [-0.2, 0) is 19.1 Å². The van der Waals surface area contributed by atoms with Crippen LogP contribution in [0.2, 0.25) is 5.02 Å². The predicted molar refractivity (Wildman–Crippen MR) is 173 cm³/mol. The Morgan fingerprint density at radius 2 is 1.04 bits per heavy atom. The van der Waals surface area contributed by atoms with Gasteiger partial charge in [-0.1, -0.05) is 85.4 Å². The number of esters is 2. The van der Waals surface area contributed by atoms with E-state index in [9.17, 15) is 9.59 Å². The molecule has 8 nitrogen and oxygen atoms in total. The smallest absolute Gasteiger partial charge is 0.333 e. The molecule has 234 valence electrons. The Kier molecular flexibility index (Phi) is 11.9. The molecule has 0 N–H and O–H groups in total. The third-order valence-corrected chi connectivity index (χ3v) is 6.63. The molecule has 0 radical (unpaired) electrons. The van der Waals surface area contributed by atoms with Crippen LogP contribution in [0.3, 0.4) is 0 Å². The SMILES string of the molecule is C=C(C)C(=O)OC(COc1ccccc1)COc1cc(Cl)c(OCC(COc2ccccc2)OC(=O)C(=C)C)c2ccccc12. The van der Waals surface area contributed by atoms with Crippen LogP contribution in [0.25, 0.3) is 10.8 Å². The van der Waals surface area contributed by atoms with E-state index in [-0.39, 0.29) is 42.6 Å². The molecule has 4 aromatic rings. The van der Waals surface area contributed by atoms with Crippen molar-refractivity contribution < 1.29 is 38.0 Å². The molecule has 45 heavy (non-hydrogen) atoms. The molecule has 0 aliphatic heterocycles. The molecule has 0 fully saturated rings. The van der Waals surface area contributed by atoms with Crippen molar-refractivity contribution in [1.82, 2.24) is 0 Å². The zero-order valence-corrected chi connectivity index (χ0v) is 26.0. The summed E-state index contributed by atoms with van der Waals surface area (Å²) in [7, 11) is 0. The molecule has 0 aliphatic rings. The highest BCUT2D eigenvalue weighted by Crippen LogP contribution is 2.40. The van der Waals surface area contributed by atoms with Crippen LogP contribution in [0.1, 0.15) is 13.8 Å². The van der Waals surface area contributed by atoms with Crippen molar-refractivity contribution in [2.45, 2.75) is 26.1 Å². The Bertz CT molecular complexity index is 1620. The van der Waals surface area contributed by atoms with Gasteiger partial charge in [-0.3, -0.25) is 0 Å². The molecule has 4 aromatic carbocycles. The Hall–Kier alpha value is -4.95. The number of hydrogen-bond donors (Lipinski definition) is 0. The molecule has 2 atom stereocenters. The summed E-state index contributed by atoms with van der Waals surface area (Å²) in [4.78, 5) is 24.7. The summed E-state index contributed by atoms with van der Waals surface area (Å²) in [5.41, 5.74) is 0.516. The highest BCUT2D eigenvalue weighted by Gasteiger charge is 2.22. The van der Waals surface area contributed by atoms with Gasteiger partial charge >= 0.3 is 11.9 Å². The molecule has 0 aromatic heterocycles. The van der Waals surface area contributed by atoms with Gasteiger partial charge in [0.2, 0.25) is 0 Å². The topological polar surface area (TPSA) is 89.5 Å². The summed E-state index contributed by atoms with van der Waals surface area (Å²) in [5.74, 6) is 0.985. The molecule has 9 heteroatoms. The van der Waals surface area contributed by atoms with Crippen LogP contribution in [0, 0.1) is 0 Å². The molecular weight excluding hydrogens is 596 g/mol. The average molecular weight is 631 g/mol. The molecular formula is C36H35ClO8. The van der Waals surface area contributed by atoms with E-state index in [4.69, 9.17) is 40.0 Å². The van der Waals surface area contributed by atoms with E-state index in [0.717, 1.165) is 0 Å². The van der Waals surface area contributed by atoms with Gasteiger partial charge in [-0.05, 0) is 38.1 Å². The minimum atomic E-state index is -0.756. The van der Waals surface area contributed by atoms with Crippen molar-refractivity contribution in [3.8, 4) is 23.0 Å². The molecule has 0 bridgehead atoms. The summed E-state index contributed by atoms with van der Waals surface area (Å²) in [6.45, 7) is 10.5. The minimum Gasteiger partial charge on any atom is -0.490 e. The normalized spacial score (nSPS) is 12.0. The number of rotatable bonds is 16. The van der Waals surface area contributed by atoms with Gasteiger partial charge < -0.3 is 28.4 Å². The van der Waals surface area contributed by atoms with E-state index >= 15 is 0 Å². The van der Waals surface area contributed by atoms with Crippen LogP contribution in [0.5, 0.6) is 23.0 Å². The van der Waals surface area contributed by atoms with E-state index in [0.29, 0.717) is 33.8 Å². The maximum absolute atomic E-state index is 12.3. The van der Waals surface area contributed by atoms with Crippen LogP contribution in [0.4, 0.5) is 0 Å². The minimum absolute atomic E-state index is 0.0118. The largest absolute Gasteiger partial charge is 0.490 e. The lowest BCUT2D eigenvalue weighted by Crippen LogP contribution is -2.31. The maximum Gasteiger partial charge on any atom is 0.333 e. The summed E-state index contributed by atoms with van der Waals surface area (Å²) < 4.78 is 35.1. The van der Waals surface area contributed by atoms with Crippen LogP contribution >= 0.6 is 11.6 Å². The van der Waals surface area contributed by atoms with E-state index in [2.05, 4.69) is 13.2 Å². The number of ether oxygens (including phenoxy) is 6. The van der Waals surface area contributed by atoms with Gasteiger partial charge in [0, 0.05) is 28.0 Å². The van der Waals surface area contributed by atoms with Crippen LogP contribution in [0.15, 0.2) is 115 Å². The fourth-order valence-electron chi connectivity index (χ4n) is 4.06. The van der Waals surface area contributed by atoms with E-state index in [1.165, 1.54) is 0 Å². The standard InChI is InChI=1S/C36H35ClO8/c1-24(2)35(38)44-28(20-40-26-13-7-5-8-14-26)22-42-33-19-32(37)34(31-18-12-11-17-30(31)33)43-23-29(45-36(39)25(3)4)21-41-27-15-9-6-10-16-27/h5-19,28-29H,1,3,20-23H2,2,4H3. The lowest BCUT2D eigenvalue weighted by molar-refractivity contribution is -0.148. The summed E-state index contributed by atoms with van der Waals surface area (Å²) >= 11 is 6.72. The van der Waals surface area contributed by atoms with Gasteiger partial charge in [0.05, 0.1) is 5.02 Å². The Labute approximate surface area is 267 Å². The lowest BCUT2D eigenvalue weighted by Gasteiger charge is -2.22. The second-order valence-corrected chi connectivity index (χ2v) is 10.6. The van der Waals surface area contributed by atoms with Crippen molar-refractivity contribution >= 4 is 34.3 Å². The Morgan fingerprint density at radius 3 is 1.53 bits per heavy atom. The third kappa shape index (κ3) is 9.78. The first-order chi connectivity index (χ1) is 21.7. The van der Waals surface area contributed by atoms with Gasteiger partial charge in [0.15, 0.2) is 12.2 Å². The summed E-state index contributed by atoms with van der Waals surface area (Å²) in [6, 6.07) is 27.4. The molecule has 0 amide bonds. The lowest BCUT2D eigenvalue weighted by atomic mass is 10.1. The first-order valence-corrected chi connectivity index (χ1v) is 14.6. The van der Waals surface area contributed by atoms with Gasteiger partial charge in [-0.2, -0.15) is 0 Å². The van der Waals surface area contributed by atoms with E-state index in [1.807, 2.05) is 72.8 Å². The van der Waals surface area contributed by atoms with E-state index < -0.39 is 24.1 Å². The number of benzene rings is 4. The van der Waals surface area contributed by atoms with Gasteiger partial charge in [0.25, 0.3) is 0 Å². The zero-order valence-electron chi connectivity index (χ0n) is 25.2. The summed E-state index contributed by atoms with van der Waals surface area (Å²) in [5, 5.41) is 1.65. The summed E-state index contributed by atoms with van der Waals surface area (Å²) in [6.07, 6.45) is -1.50. The molecule has 0 heterocycles. The molecule has 0 spiro atoms. The molecule has 0 saturated heterocycles. The van der Waals surface area contributed by atoms with Crippen molar-refractivity contribution in [2.24, 2.45) is 0 Å². The van der Waals surface area contributed by atoms with Crippen LogP contribution in [-0.4, -0.2) is 50.6 Å². The highest BCUT2D eigenvalue weighted by atomic mass is 35.5. The number of fused-ring (bicyclic) bond motifs is 1. The average Bonchev–Trinajstić information content (AvgIpc) is 3.04. The maximum atomic E-state index is 12.3. The predicted octanol–water partition coefficient (Wildman–Crippen LogP) is 7.38. The first kappa shape index (κ1) is 33.0. The van der Waals surface area contributed by atoms with Crippen molar-refractivity contribution in [2.75, 3.05) is 26.4 Å². The Morgan fingerprint density at radius 1 is 0.622 bits per heavy atom. The number of hydrogen-bond acceptors (Lipinski definition) is 8. The molecule has 0 saturated carbocycles. The van der Waals surface area contributed by atoms with Crippen molar-refractivity contribution in [3.05, 3.63) is 120 Å². The fraction of sp³-hybridized carbons (Fsp3) is 0.222. The van der Waals surface area contributed by atoms with E-state index in [1.54, 1.807) is 32.0 Å². The monoisotopic (exact) mass is 630 g/mol. The third-order valence-electron chi connectivity index (χ3n) is 6.35. The van der Waals surface area contributed by atoms with Gasteiger partial charge in [-0.25, -0.2) is 9.59 Å².